The molecule has 1 rings (SSSR count). The molecule has 0 amide bonds. The van der Waals surface area contributed by atoms with Gasteiger partial charge >= 0.3 is 0 Å². The molecule has 0 saturated carbocycles. The van der Waals surface area contributed by atoms with Crippen LogP contribution in [0.1, 0.15) is 12.5 Å². The maximum Gasteiger partial charge on any atom is 0.149 e. The van der Waals surface area contributed by atoms with E-state index in [4.69, 9.17) is 34.8 Å². The van der Waals surface area contributed by atoms with Crippen molar-refractivity contribution in [1.29, 1.82) is 0 Å². The fourth-order valence-electron chi connectivity index (χ4n) is 0.772. The number of hydrogen-bond acceptors (Lipinski definition) is 1. The molecule has 60 valence electrons. The summed E-state index contributed by atoms with van der Waals surface area (Å²) in [6.07, 6.45) is 0.806. The maximum atomic E-state index is 5.81. The normalized spacial score (nSPS) is 10.2. The van der Waals surface area contributed by atoms with E-state index in [0.29, 0.717) is 10.2 Å². The van der Waals surface area contributed by atoms with Gasteiger partial charge in [0.1, 0.15) is 10.3 Å². The summed E-state index contributed by atoms with van der Waals surface area (Å²) >= 11 is 17.1. The highest BCUT2D eigenvalue weighted by Crippen LogP contribution is 2.26. The zero-order valence-electron chi connectivity index (χ0n) is 5.87. The van der Waals surface area contributed by atoms with E-state index in [2.05, 4.69) is 4.98 Å². The topological polar surface area (TPSA) is 12.9 Å². The van der Waals surface area contributed by atoms with Gasteiger partial charge in [-0.25, -0.2) is 4.98 Å². The van der Waals surface area contributed by atoms with Gasteiger partial charge in [0.05, 0.1) is 5.02 Å². The number of pyridine rings is 1. The van der Waals surface area contributed by atoms with Crippen LogP contribution in [-0.2, 0) is 6.42 Å². The van der Waals surface area contributed by atoms with Gasteiger partial charge in [0.2, 0.25) is 0 Å². The van der Waals surface area contributed by atoms with Gasteiger partial charge in [0, 0.05) is 0 Å². The first-order chi connectivity index (χ1) is 5.15. The lowest BCUT2D eigenvalue weighted by Gasteiger charge is -2.01. The molecule has 0 aliphatic rings. The third kappa shape index (κ3) is 1.98. The van der Waals surface area contributed by atoms with Crippen LogP contribution >= 0.6 is 34.8 Å². The first-order valence-corrected chi connectivity index (χ1v) is 4.29. The van der Waals surface area contributed by atoms with E-state index in [1.165, 1.54) is 0 Å². The van der Waals surface area contributed by atoms with Crippen LogP contribution in [0.4, 0.5) is 0 Å². The summed E-state index contributed by atoms with van der Waals surface area (Å²) < 4.78 is 0. The van der Waals surface area contributed by atoms with Crippen LogP contribution in [0.15, 0.2) is 6.07 Å². The largest absolute Gasteiger partial charge is 0.223 e. The molecule has 0 radical (unpaired) electrons. The minimum Gasteiger partial charge on any atom is -0.223 e. The zero-order chi connectivity index (χ0) is 8.43. The Bertz CT molecular complexity index is 273. The Kier molecular flexibility index (Phi) is 2.99. The van der Waals surface area contributed by atoms with Crippen LogP contribution in [0.25, 0.3) is 0 Å². The summed E-state index contributed by atoms with van der Waals surface area (Å²) in [4.78, 5) is 3.78. The third-order valence-corrected chi connectivity index (χ3v) is 2.33. The highest BCUT2D eigenvalue weighted by atomic mass is 35.5. The van der Waals surface area contributed by atoms with Gasteiger partial charge in [-0.3, -0.25) is 0 Å². The molecule has 0 bridgehead atoms. The SMILES string of the molecule is CCc1cc(Cl)nc(Cl)c1Cl. The molecule has 0 aromatic carbocycles. The Labute approximate surface area is 80.3 Å². The molecule has 0 unspecified atom stereocenters. The Balaban J connectivity index is 3.24. The fraction of sp³-hybridized carbons (Fsp3) is 0.286. The molecule has 1 heterocycles. The maximum absolute atomic E-state index is 5.81. The minimum absolute atomic E-state index is 0.274. The van der Waals surface area contributed by atoms with Gasteiger partial charge in [-0.2, -0.15) is 0 Å². The molecule has 0 aliphatic carbocycles. The summed E-state index contributed by atoms with van der Waals surface area (Å²) in [7, 11) is 0. The van der Waals surface area contributed by atoms with Gasteiger partial charge in [0.25, 0.3) is 0 Å². The number of halogens is 3. The van der Waals surface area contributed by atoms with E-state index in [-0.39, 0.29) is 5.15 Å². The van der Waals surface area contributed by atoms with E-state index in [1.807, 2.05) is 6.92 Å². The van der Waals surface area contributed by atoms with Crippen molar-refractivity contribution >= 4 is 34.8 Å². The summed E-state index contributed by atoms with van der Waals surface area (Å²) in [5.74, 6) is 0. The van der Waals surface area contributed by atoms with Crippen molar-refractivity contribution in [2.24, 2.45) is 0 Å². The lowest BCUT2D eigenvalue weighted by atomic mass is 10.2. The molecule has 0 atom stereocenters. The molecule has 0 fully saturated rings. The van der Waals surface area contributed by atoms with E-state index in [0.717, 1.165) is 12.0 Å². The minimum atomic E-state index is 0.274. The molecule has 1 aromatic rings. The predicted octanol–water partition coefficient (Wildman–Crippen LogP) is 3.60. The standard InChI is InChI=1S/C7H6Cl3N/c1-2-4-3-5(8)11-7(10)6(4)9/h3H,2H2,1H3. The molecule has 0 aliphatic heterocycles. The molecular formula is C7H6Cl3N. The third-order valence-electron chi connectivity index (χ3n) is 1.34. The van der Waals surface area contributed by atoms with Gasteiger partial charge in [0.15, 0.2) is 0 Å². The second-order valence-electron chi connectivity index (χ2n) is 2.06. The van der Waals surface area contributed by atoms with Crippen molar-refractivity contribution in [3.63, 3.8) is 0 Å². The van der Waals surface area contributed by atoms with Gasteiger partial charge in [-0.1, -0.05) is 41.7 Å². The summed E-state index contributed by atoms with van der Waals surface area (Å²) in [6.45, 7) is 1.98. The van der Waals surface area contributed by atoms with Crippen LogP contribution in [0.5, 0.6) is 0 Å². The molecule has 0 spiro atoms. The van der Waals surface area contributed by atoms with Crippen molar-refractivity contribution in [2.45, 2.75) is 13.3 Å². The number of aryl methyl sites for hydroxylation is 1. The lowest BCUT2D eigenvalue weighted by molar-refractivity contribution is 1.12. The zero-order valence-corrected chi connectivity index (χ0v) is 8.13. The van der Waals surface area contributed by atoms with Crippen LogP contribution in [0.3, 0.4) is 0 Å². The Morgan fingerprint density at radius 3 is 2.55 bits per heavy atom. The fourth-order valence-corrected chi connectivity index (χ4v) is 1.47. The molecule has 1 aromatic heterocycles. The molecular weight excluding hydrogens is 204 g/mol. The van der Waals surface area contributed by atoms with Crippen LogP contribution in [0, 0.1) is 0 Å². The van der Waals surface area contributed by atoms with Crippen LogP contribution in [-0.4, -0.2) is 4.98 Å². The van der Waals surface area contributed by atoms with Crippen LogP contribution in [0.2, 0.25) is 15.3 Å². The molecule has 11 heavy (non-hydrogen) atoms. The van der Waals surface area contributed by atoms with Crippen LogP contribution < -0.4 is 0 Å². The average Bonchev–Trinajstić information content (AvgIpc) is 1.96. The molecule has 4 heteroatoms. The number of nitrogens with zero attached hydrogens (tertiary/aromatic N) is 1. The van der Waals surface area contributed by atoms with Crippen molar-refractivity contribution < 1.29 is 0 Å². The van der Waals surface area contributed by atoms with Gasteiger partial charge in [-0.15, -0.1) is 0 Å². The molecule has 1 nitrogen and oxygen atoms in total. The smallest absolute Gasteiger partial charge is 0.149 e. The van der Waals surface area contributed by atoms with Gasteiger partial charge < -0.3 is 0 Å². The monoisotopic (exact) mass is 209 g/mol. The van der Waals surface area contributed by atoms with Crippen molar-refractivity contribution in [3.05, 3.63) is 27.0 Å². The van der Waals surface area contributed by atoms with E-state index in [1.54, 1.807) is 6.07 Å². The number of rotatable bonds is 1. The second-order valence-corrected chi connectivity index (χ2v) is 3.19. The summed E-state index contributed by atoms with van der Waals surface area (Å²) in [5.41, 5.74) is 0.927. The first-order valence-electron chi connectivity index (χ1n) is 3.15. The van der Waals surface area contributed by atoms with E-state index in [9.17, 15) is 0 Å². The van der Waals surface area contributed by atoms with E-state index >= 15 is 0 Å². The Morgan fingerprint density at radius 1 is 1.36 bits per heavy atom. The quantitative estimate of drug-likeness (QED) is 0.646. The van der Waals surface area contributed by atoms with Crippen molar-refractivity contribution in [2.75, 3.05) is 0 Å². The van der Waals surface area contributed by atoms with Crippen molar-refractivity contribution in [1.82, 2.24) is 4.98 Å². The predicted molar refractivity (Wildman–Crippen MR) is 48.6 cm³/mol. The number of hydrogen-bond donors (Lipinski definition) is 0. The highest BCUT2D eigenvalue weighted by Gasteiger charge is 2.05. The first kappa shape index (κ1) is 9.11. The number of aromatic nitrogens is 1. The summed E-state index contributed by atoms with van der Waals surface area (Å²) in [6, 6.07) is 1.72. The molecule has 0 saturated heterocycles. The highest BCUT2D eigenvalue weighted by molar-refractivity contribution is 6.42. The second kappa shape index (κ2) is 3.61. The Hall–Kier alpha value is 0.0200. The Morgan fingerprint density at radius 2 is 2.00 bits per heavy atom. The van der Waals surface area contributed by atoms with Gasteiger partial charge in [-0.05, 0) is 18.1 Å². The van der Waals surface area contributed by atoms with Crippen molar-refractivity contribution in [3.8, 4) is 0 Å². The summed E-state index contributed by atoms with van der Waals surface area (Å²) in [5, 5.41) is 1.16. The molecule has 0 N–H and O–H groups in total. The average molecular weight is 210 g/mol. The lowest BCUT2D eigenvalue weighted by Crippen LogP contribution is -1.86. The van der Waals surface area contributed by atoms with E-state index < -0.39 is 0 Å².